The van der Waals surface area contributed by atoms with E-state index in [-0.39, 0.29) is 5.97 Å². The van der Waals surface area contributed by atoms with Crippen molar-refractivity contribution < 1.29 is 22.7 Å². The summed E-state index contributed by atoms with van der Waals surface area (Å²) < 4.78 is 45.1. The van der Waals surface area contributed by atoms with Gasteiger partial charge in [0.25, 0.3) is 0 Å². The molecular weight excluding hydrogens is 451 g/mol. The van der Waals surface area contributed by atoms with Crippen LogP contribution in [-0.4, -0.2) is 68.2 Å². The van der Waals surface area contributed by atoms with Crippen molar-refractivity contribution in [2.24, 2.45) is 0 Å². The van der Waals surface area contributed by atoms with Gasteiger partial charge in [0.15, 0.2) is 0 Å². The van der Waals surface area contributed by atoms with Gasteiger partial charge in [0.1, 0.15) is 6.61 Å². The molecule has 2 aromatic carbocycles. The van der Waals surface area contributed by atoms with Crippen molar-refractivity contribution in [3.63, 3.8) is 0 Å². The Kier molecular flexibility index (Phi) is 7.51. The van der Waals surface area contributed by atoms with Crippen LogP contribution in [0.1, 0.15) is 18.9 Å². The Morgan fingerprint density at radius 1 is 0.939 bits per heavy atom. The molecule has 0 radical (unpaired) electrons. The van der Waals surface area contributed by atoms with E-state index in [4.69, 9.17) is 4.74 Å². The Hall–Kier alpha value is -2.23. The molecule has 2 aliphatic heterocycles. The van der Waals surface area contributed by atoms with Gasteiger partial charge in [-0.1, -0.05) is 23.9 Å². The fraction of sp³-hybridized carbons (Fsp3) is 0.458. The van der Waals surface area contributed by atoms with E-state index >= 15 is 0 Å². The van der Waals surface area contributed by atoms with E-state index < -0.39 is 11.7 Å². The summed E-state index contributed by atoms with van der Waals surface area (Å²) in [6.07, 6.45) is -3.51. The first-order valence-electron chi connectivity index (χ1n) is 11.1. The highest BCUT2D eigenvalue weighted by molar-refractivity contribution is 7.99. The predicted molar refractivity (Wildman–Crippen MR) is 123 cm³/mol. The van der Waals surface area contributed by atoms with Crippen molar-refractivity contribution in [2.75, 3.05) is 57.3 Å². The van der Waals surface area contributed by atoms with Gasteiger partial charge < -0.3 is 14.5 Å². The van der Waals surface area contributed by atoms with E-state index in [2.05, 4.69) is 9.80 Å². The van der Waals surface area contributed by atoms with Gasteiger partial charge in [-0.25, -0.2) is 0 Å². The van der Waals surface area contributed by atoms with Gasteiger partial charge in [-0.3, -0.25) is 9.69 Å². The zero-order valence-electron chi connectivity index (χ0n) is 18.6. The van der Waals surface area contributed by atoms with E-state index in [1.54, 1.807) is 6.07 Å². The third-order valence-corrected chi connectivity index (χ3v) is 7.12. The summed E-state index contributed by atoms with van der Waals surface area (Å²) in [6, 6.07) is 11.9. The fourth-order valence-electron chi connectivity index (χ4n) is 4.25. The topological polar surface area (TPSA) is 36.0 Å². The molecule has 1 fully saturated rings. The van der Waals surface area contributed by atoms with Crippen LogP contribution >= 0.6 is 11.8 Å². The number of carbonyl (C=O) groups is 1. The molecule has 5 nitrogen and oxygen atoms in total. The maximum atomic E-state index is 13.4. The minimum absolute atomic E-state index is 0.254. The summed E-state index contributed by atoms with van der Waals surface area (Å²) in [7, 11) is 0. The van der Waals surface area contributed by atoms with E-state index in [9.17, 15) is 18.0 Å². The number of esters is 1. The first-order chi connectivity index (χ1) is 15.8. The van der Waals surface area contributed by atoms with Crippen LogP contribution in [0.25, 0.3) is 0 Å². The molecule has 0 spiro atoms. The fourth-order valence-corrected chi connectivity index (χ4v) is 5.33. The summed E-state index contributed by atoms with van der Waals surface area (Å²) in [5.74, 6) is -0.254. The number of hydrogen-bond acceptors (Lipinski definition) is 6. The van der Waals surface area contributed by atoms with Crippen molar-refractivity contribution in [2.45, 2.75) is 29.3 Å². The van der Waals surface area contributed by atoms with Gasteiger partial charge in [-0.15, -0.1) is 0 Å². The molecule has 0 aromatic heterocycles. The number of halogens is 3. The molecule has 0 aliphatic carbocycles. The van der Waals surface area contributed by atoms with Gasteiger partial charge in [-0.2, -0.15) is 13.2 Å². The number of benzene rings is 2. The number of ether oxygens (including phenoxy) is 1. The second-order valence-corrected chi connectivity index (χ2v) is 9.36. The SMILES string of the molecule is CC(=O)OCCN1CCN(CCCN2c3ccccc3Sc3ccc(C(F)(F)F)cc32)CC1. The number of piperazine rings is 1. The molecule has 0 atom stereocenters. The normalized spacial score (nSPS) is 16.9. The van der Waals surface area contributed by atoms with Crippen LogP contribution < -0.4 is 4.90 Å². The number of para-hydroxylation sites is 1. The van der Waals surface area contributed by atoms with Crippen LogP contribution in [-0.2, 0) is 15.7 Å². The molecule has 0 unspecified atom stereocenters. The molecule has 0 N–H and O–H groups in total. The molecular formula is C24H28F3N3O2S. The van der Waals surface area contributed by atoms with Gasteiger partial charge >= 0.3 is 12.1 Å². The van der Waals surface area contributed by atoms with Crippen molar-refractivity contribution in [1.29, 1.82) is 0 Å². The quantitative estimate of drug-likeness (QED) is 0.527. The summed E-state index contributed by atoms with van der Waals surface area (Å²) in [5.41, 5.74) is 0.976. The van der Waals surface area contributed by atoms with Crippen LogP contribution in [0.2, 0.25) is 0 Å². The number of nitrogens with zero attached hydrogens (tertiary/aromatic N) is 3. The zero-order chi connectivity index (χ0) is 23.4. The number of anilines is 2. The smallest absolute Gasteiger partial charge is 0.416 e. The van der Waals surface area contributed by atoms with E-state index in [0.717, 1.165) is 61.2 Å². The average molecular weight is 480 g/mol. The molecule has 0 amide bonds. The Balaban J connectivity index is 1.37. The van der Waals surface area contributed by atoms with Crippen molar-refractivity contribution >= 4 is 29.1 Å². The highest BCUT2D eigenvalue weighted by Crippen LogP contribution is 2.49. The van der Waals surface area contributed by atoms with Gasteiger partial charge in [0, 0.05) is 56.0 Å². The number of fused-ring (bicyclic) bond motifs is 2. The van der Waals surface area contributed by atoms with Gasteiger partial charge in [0.05, 0.1) is 16.9 Å². The highest BCUT2D eigenvalue weighted by Gasteiger charge is 2.33. The second-order valence-electron chi connectivity index (χ2n) is 8.28. The molecule has 2 heterocycles. The highest BCUT2D eigenvalue weighted by atomic mass is 32.2. The van der Waals surface area contributed by atoms with Gasteiger partial charge in [0.2, 0.25) is 0 Å². The summed E-state index contributed by atoms with van der Waals surface area (Å²) in [5, 5.41) is 0. The first kappa shape index (κ1) is 23.9. The van der Waals surface area contributed by atoms with E-state index in [1.165, 1.54) is 30.8 Å². The van der Waals surface area contributed by atoms with Gasteiger partial charge in [-0.05, 0) is 43.3 Å². The number of alkyl halides is 3. The Morgan fingerprint density at radius 3 is 2.30 bits per heavy atom. The Labute approximate surface area is 196 Å². The second kappa shape index (κ2) is 10.4. The maximum absolute atomic E-state index is 13.4. The lowest BCUT2D eigenvalue weighted by atomic mass is 10.1. The van der Waals surface area contributed by atoms with Crippen LogP contribution in [0.5, 0.6) is 0 Å². The maximum Gasteiger partial charge on any atom is 0.416 e. The molecule has 178 valence electrons. The summed E-state index contributed by atoms with van der Waals surface area (Å²) in [4.78, 5) is 19.5. The van der Waals surface area contributed by atoms with Crippen LogP contribution in [0, 0.1) is 0 Å². The molecule has 33 heavy (non-hydrogen) atoms. The minimum Gasteiger partial charge on any atom is -0.465 e. The average Bonchev–Trinajstić information content (AvgIpc) is 2.78. The summed E-state index contributed by atoms with van der Waals surface area (Å²) in [6.45, 7) is 7.82. The lowest BCUT2D eigenvalue weighted by molar-refractivity contribution is -0.141. The molecule has 2 aliphatic rings. The molecule has 2 aromatic rings. The zero-order valence-corrected chi connectivity index (χ0v) is 19.4. The molecule has 1 saturated heterocycles. The van der Waals surface area contributed by atoms with E-state index in [0.29, 0.717) is 18.8 Å². The minimum atomic E-state index is -4.36. The lowest BCUT2D eigenvalue weighted by Crippen LogP contribution is -2.47. The van der Waals surface area contributed by atoms with Crippen LogP contribution in [0.3, 0.4) is 0 Å². The summed E-state index contributed by atoms with van der Waals surface area (Å²) >= 11 is 1.52. The molecule has 0 saturated carbocycles. The molecule has 4 rings (SSSR count). The third kappa shape index (κ3) is 6.02. The Bertz CT molecular complexity index is 978. The predicted octanol–water partition coefficient (Wildman–Crippen LogP) is 4.88. The van der Waals surface area contributed by atoms with E-state index in [1.807, 2.05) is 29.2 Å². The van der Waals surface area contributed by atoms with Crippen molar-refractivity contribution in [3.05, 3.63) is 48.0 Å². The largest absolute Gasteiger partial charge is 0.465 e. The van der Waals surface area contributed by atoms with Crippen LogP contribution in [0.4, 0.5) is 24.5 Å². The monoisotopic (exact) mass is 479 g/mol. The number of hydrogen-bond donors (Lipinski definition) is 0. The number of rotatable bonds is 7. The number of carbonyl (C=O) groups excluding carboxylic acids is 1. The lowest BCUT2D eigenvalue weighted by Gasteiger charge is -2.36. The van der Waals surface area contributed by atoms with Crippen LogP contribution in [0.15, 0.2) is 52.3 Å². The van der Waals surface area contributed by atoms with Crippen molar-refractivity contribution in [1.82, 2.24) is 9.80 Å². The Morgan fingerprint density at radius 2 is 1.61 bits per heavy atom. The van der Waals surface area contributed by atoms with Crippen molar-refractivity contribution in [3.8, 4) is 0 Å². The standard InChI is InChI=1S/C24H28F3N3O2S/c1-18(31)32-16-15-29-13-11-28(12-14-29)9-4-10-30-20-5-2-3-6-22(20)33-23-8-7-19(17-21(23)30)24(25,26)27/h2-3,5-8,17H,4,9-16H2,1H3. The first-order valence-corrected chi connectivity index (χ1v) is 12.0. The third-order valence-electron chi connectivity index (χ3n) is 5.99. The molecule has 0 bridgehead atoms. The molecule has 9 heteroatoms.